The third kappa shape index (κ3) is 3.15. The molecule has 0 amide bonds. The maximum absolute atomic E-state index is 7.09. The first-order chi connectivity index (χ1) is 9.66. The zero-order chi connectivity index (χ0) is 14.5. The van der Waals surface area contributed by atoms with Gasteiger partial charge in [0.1, 0.15) is 11.4 Å². The van der Waals surface area contributed by atoms with E-state index in [1.165, 1.54) is 11.1 Å². The van der Waals surface area contributed by atoms with Gasteiger partial charge in [-0.2, -0.15) is 5.11 Å². The fourth-order valence-electron chi connectivity index (χ4n) is 2.15. The van der Waals surface area contributed by atoms with Crippen molar-refractivity contribution in [3.05, 3.63) is 47.5 Å². The van der Waals surface area contributed by atoms with Gasteiger partial charge in [0.2, 0.25) is 0 Å². The zero-order valence-corrected chi connectivity index (χ0v) is 12.0. The first-order valence-corrected chi connectivity index (χ1v) is 6.59. The van der Waals surface area contributed by atoms with E-state index in [9.17, 15) is 0 Å². The smallest absolute Gasteiger partial charge is 0.148 e. The van der Waals surface area contributed by atoms with Gasteiger partial charge in [0.05, 0.1) is 7.11 Å². The Kier molecular flexibility index (Phi) is 4.35. The highest BCUT2D eigenvalue weighted by Gasteiger charge is 2.04. The number of aryl methyl sites for hydroxylation is 2. The number of rotatable bonds is 5. The zero-order valence-electron chi connectivity index (χ0n) is 12.0. The summed E-state index contributed by atoms with van der Waals surface area (Å²) < 4.78 is 5.23. The molecule has 2 rings (SSSR count). The predicted molar refractivity (Wildman–Crippen MR) is 81.6 cm³/mol. The summed E-state index contributed by atoms with van der Waals surface area (Å²) in [6.45, 7) is 4.24. The van der Waals surface area contributed by atoms with E-state index in [-0.39, 0.29) is 0 Å². The van der Waals surface area contributed by atoms with Crippen LogP contribution < -0.4 is 10.1 Å². The summed E-state index contributed by atoms with van der Waals surface area (Å²) in [4.78, 5) is 0. The number of ether oxygens (including phenoxy) is 1. The molecule has 0 aliphatic heterocycles. The van der Waals surface area contributed by atoms with Crippen molar-refractivity contribution in [2.75, 3.05) is 12.4 Å². The highest BCUT2D eigenvalue weighted by molar-refractivity contribution is 5.67. The minimum atomic E-state index is 0.525. The topological polar surface area (TPSA) is 57.5 Å². The molecule has 0 saturated carbocycles. The van der Waals surface area contributed by atoms with Gasteiger partial charge in [-0.1, -0.05) is 13.0 Å². The van der Waals surface area contributed by atoms with Crippen molar-refractivity contribution in [3.63, 3.8) is 0 Å². The van der Waals surface area contributed by atoms with Crippen molar-refractivity contribution in [1.29, 1.82) is 5.53 Å². The average molecular weight is 269 g/mol. The molecule has 104 valence electrons. The van der Waals surface area contributed by atoms with Gasteiger partial charge in [0.15, 0.2) is 0 Å². The number of nitrogens with one attached hydrogen (secondary N) is 2. The van der Waals surface area contributed by atoms with E-state index in [0.717, 1.165) is 17.8 Å². The summed E-state index contributed by atoms with van der Waals surface area (Å²) in [5, 5.41) is 6.79. The number of hydrogen-bond acceptors (Lipinski definition) is 4. The van der Waals surface area contributed by atoms with Gasteiger partial charge < -0.3 is 10.1 Å². The van der Waals surface area contributed by atoms with Gasteiger partial charge >= 0.3 is 0 Å². The second-order valence-electron chi connectivity index (χ2n) is 4.68. The lowest BCUT2D eigenvalue weighted by atomic mass is 10.1. The van der Waals surface area contributed by atoms with Crippen LogP contribution in [0, 0.1) is 12.5 Å². The van der Waals surface area contributed by atoms with Gasteiger partial charge in [-0.25, -0.2) is 5.53 Å². The molecule has 0 bridgehead atoms. The van der Waals surface area contributed by atoms with Crippen LogP contribution in [-0.2, 0) is 6.42 Å². The number of benzene rings is 2. The van der Waals surface area contributed by atoms with E-state index in [4.69, 9.17) is 10.3 Å². The molecule has 4 nitrogen and oxygen atoms in total. The van der Waals surface area contributed by atoms with E-state index in [1.807, 2.05) is 12.1 Å². The summed E-state index contributed by atoms with van der Waals surface area (Å²) in [6, 6.07) is 11.9. The van der Waals surface area contributed by atoms with Crippen LogP contribution in [0.1, 0.15) is 18.1 Å². The minimum absolute atomic E-state index is 0.525. The summed E-state index contributed by atoms with van der Waals surface area (Å²) in [7, 11) is 1.58. The maximum atomic E-state index is 7.09. The van der Waals surface area contributed by atoms with E-state index in [1.54, 1.807) is 13.2 Å². The molecule has 0 radical (unpaired) electrons. The van der Waals surface area contributed by atoms with E-state index < -0.39 is 0 Å². The Morgan fingerprint density at radius 1 is 1.15 bits per heavy atom. The van der Waals surface area contributed by atoms with Gasteiger partial charge in [0, 0.05) is 17.4 Å². The number of methoxy groups -OCH3 is 1. The van der Waals surface area contributed by atoms with Crippen LogP contribution >= 0.6 is 0 Å². The summed E-state index contributed by atoms with van der Waals surface area (Å²) in [5.41, 5.74) is 12.1. The number of nitrogens with zero attached hydrogens (tertiary/aromatic N) is 1. The van der Waals surface area contributed by atoms with Crippen molar-refractivity contribution < 1.29 is 4.74 Å². The quantitative estimate of drug-likeness (QED) is 0.753. The van der Waals surface area contributed by atoms with Crippen LogP contribution in [0.15, 0.2) is 41.5 Å². The molecule has 4 heteroatoms. The van der Waals surface area contributed by atoms with Crippen molar-refractivity contribution in [3.8, 4) is 5.75 Å². The maximum Gasteiger partial charge on any atom is 0.148 e. The molecule has 0 heterocycles. The first-order valence-electron chi connectivity index (χ1n) is 6.59. The Hall–Kier alpha value is -2.36. The van der Waals surface area contributed by atoms with Crippen molar-refractivity contribution in [2.45, 2.75) is 20.3 Å². The summed E-state index contributed by atoms with van der Waals surface area (Å²) in [6.07, 6.45) is 1.01. The van der Waals surface area contributed by atoms with Crippen LogP contribution in [-0.4, -0.2) is 7.11 Å². The molecule has 0 aliphatic carbocycles. The lowest BCUT2D eigenvalue weighted by molar-refractivity contribution is 0.416. The molecule has 0 aliphatic rings. The normalized spacial score (nSPS) is 10.2. The van der Waals surface area contributed by atoms with E-state index >= 15 is 0 Å². The van der Waals surface area contributed by atoms with Gasteiger partial charge in [-0.05, 0) is 48.7 Å². The molecule has 20 heavy (non-hydrogen) atoms. The third-order valence-electron chi connectivity index (χ3n) is 3.13. The molecule has 0 spiro atoms. The fraction of sp³-hybridized carbons (Fsp3) is 0.250. The van der Waals surface area contributed by atoms with Crippen molar-refractivity contribution >= 4 is 17.1 Å². The summed E-state index contributed by atoms with van der Waals surface area (Å²) >= 11 is 0. The second-order valence-corrected chi connectivity index (χ2v) is 4.68. The lowest BCUT2D eigenvalue weighted by Crippen LogP contribution is -1.94. The van der Waals surface area contributed by atoms with Crippen LogP contribution in [0.5, 0.6) is 5.75 Å². The molecule has 0 fully saturated rings. The Balaban J connectivity index is 2.30. The van der Waals surface area contributed by atoms with Crippen LogP contribution in [0.3, 0.4) is 0 Å². The molecule has 2 aromatic rings. The SMILES string of the molecule is CCc1cc(C)cc(Nc2ccc(N=N)c(OC)c2)c1. The monoisotopic (exact) mass is 269 g/mol. The standard InChI is InChI=1S/C16H19N3O/c1-4-12-7-11(2)8-14(9-12)18-13-5-6-15(19-17)16(10-13)20-3/h5-10,17-18H,4H2,1-3H3. The Morgan fingerprint density at radius 3 is 2.60 bits per heavy atom. The Morgan fingerprint density at radius 2 is 1.95 bits per heavy atom. The third-order valence-corrected chi connectivity index (χ3v) is 3.13. The van der Waals surface area contributed by atoms with E-state index in [0.29, 0.717) is 11.4 Å². The number of hydrogen-bond donors (Lipinski definition) is 2. The molecular weight excluding hydrogens is 250 g/mol. The van der Waals surface area contributed by atoms with Crippen molar-refractivity contribution in [1.82, 2.24) is 0 Å². The highest BCUT2D eigenvalue weighted by Crippen LogP contribution is 2.31. The molecule has 2 aromatic carbocycles. The van der Waals surface area contributed by atoms with Crippen molar-refractivity contribution in [2.24, 2.45) is 5.11 Å². The molecule has 0 atom stereocenters. The minimum Gasteiger partial charge on any atom is -0.494 e. The van der Waals surface area contributed by atoms with Crippen LogP contribution in [0.2, 0.25) is 0 Å². The Bertz CT molecular complexity index is 623. The van der Waals surface area contributed by atoms with Gasteiger partial charge in [0.25, 0.3) is 0 Å². The highest BCUT2D eigenvalue weighted by atomic mass is 16.5. The predicted octanol–water partition coefficient (Wildman–Crippen LogP) is 4.97. The fourth-order valence-corrected chi connectivity index (χ4v) is 2.15. The van der Waals surface area contributed by atoms with E-state index in [2.05, 4.69) is 42.5 Å². The lowest BCUT2D eigenvalue weighted by Gasteiger charge is -2.11. The first kappa shape index (κ1) is 14.1. The molecule has 0 unspecified atom stereocenters. The molecule has 0 saturated heterocycles. The van der Waals surface area contributed by atoms with Crippen LogP contribution in [0.25, 0.3) is 0 Å². The molecule has 2 N–H and O–H groups in total. The van der Waals surface area contributed by atoms with Crippen LogP contribution in [0.4, 0.5) is 17.1 Å². The molecule has 0 aromatic heterocycles. The number of anilines is 2. The summed E-state index contributed by atoms with van der Waals surface area (Å²) in [5.74, 6) is 0.591. The second kappa shape index (κ2) is 6.19. The van der Waals surface area contributed by atoms with Gasteiger partial charge in [-0.15, -0.1) is 0 Å². The average Bonchev–Trinajstić information content (AvgIpc) is 2.46. The van der Waals surface area contributed by atoms with Gasteiger partial charge in [-0.3, -0.25) is 0 Å². The largest absolute Gasteiger partial charge is 0.494 e. The molecular formula is C16H19N3O. The Labute approximate surface area is 119 Å².